The molecule has 0 bridgehead atoms. The Morgan fingerprint density at radius 3 is 2.55 bits per heavy atom. The Hall–Kier alpha value is -3.45. The molecule has 1 amide bonds. The van der Waals surface area contributed by atoms with Crippen LogP contribution in [0.3, 0.4) is 0 Å². The van der Waals surface area contributed by atoms with Crippen LogP contribution in [0.15, 0.2) is 60.7 Å². The van der Waals surface area contributed by atoms with Crippen molar-refractivity contribution < 1.29 is 19.4 Å². The van der Waals surface area contributed by atoms with Gasteiger partial charge in [0.2, 0.25) is 0 Å². The predicted octanol–water partition coefficient (Wildman–Crippen LogP) is 2.80. The zero-order valence-electron chi connectivity index (χ0n) is 16.6. The lowest BCUT2D eigenvalue weighted by molar-refractivity contribution is -0.907. The average Bonchev–Trinajstić information content (AvgIpc) is 2.72. The fourth-order valence-corrected chi connectivity index (χ4v) is 3.20. The summed E-state index contributed by atoms with van der Waals surface area (Å²) in [5, 5.41) is 16.1. The fourth-order valence-electron chi connectivity index (χ4n) is 3.20. The number of nitro groups is 1. The van der Waals surface area contributed by atoms with Crippen LogP contribution in [0.25, 0.3) is 10.8 Å². The first kappa shape index (κ1) is 20.3. The molecule has 2 N–H and O–H groups in total. The molecule has 0 spiro atoms. The second-order valence-corrected chi connectivity index (χ2v) is 7.06. The quantitative estimate of drug-likeness (QED) is 0.477. The number of nitrogens with zero attached hydrogens (tertiary/aromatic N) is 1. The van der Waals surface area contributed by atoms with Gasteiger partial charge in [-0.3, -0.25) is 14.9 Å². The summed E-state index contributed by atoms with van der Waals surface area (Å²) in [6, 6.07) is 18.2. The number of nitrogens with one attached hydrogen (secondary N) is 2. The van der Waals surface area contributed by atoms with Gasteiger partial charge in [-0.1, -0.05) is 36.4 Å². The van der Waals surface area contributed by atoms with Crippen molar-refractivity contribution in [3.8, 4) is 5.75 Å². The van der Waals surface area contributed by atoms with E-state index >= 15 is 0 Å². The second kappa shape index (κ2) is 8.70. The Balaban J connectivity index is 1.72. The van der Waals surface area contributed by atoms with Crippen LogP contribution in [0.1, 0.15) is 12.5 Å². The molecule has 0 heterocycles. The summed E-state index contributed by atoms with van der Waals surface area (Å²) in [6.07, 6.45) is 0. The van der Waals surface area contributed by atoms with Crippen molar-refractivity contribution in [3.63, 3.8) is 0 Å². The number of carbonyl (C=O) groups excluding carboxylic acids is 1. The third-order valence-electron chi connectivity index (χ3n) is 5.08. The third kappa shape index (κ3) is 4.70. The summed E-state index contributed by atoms with van der Waals surface area (Å²) in [5.74, 6) is 0.144. The largest absolute Gasteiger partial charge is 0.495 e. The summed E-state index contributed by atoms with van der Waals surface area (Å²) in [6.45, 7) is 2.50. The Morgan fingerprint density at radius 1 is 1.14 bits per heavy atom. The lowest BCUT2D eigenvalue weighted by Crippen LogP contribution is -3.12. The van der Waals surface area contributed by atoms with E-state index in [1.807, 2.05) is 26.1 Å². The molecule has 0 aromatic heterocycles. The molecular formula is C22H24N3O4+. The highest BCUT2D eigenvalue weighted by molar-refractivity contribution is 5.95. The van der Waals surface area contributed by atoms with Crippen molar-refractivity contribution in [2.24, 2.45) is 0 Å². The molecule has 1 unspecified atom stereocenters. The summed E-state index contributed by atoms with van der Waals surface area (Å²) < 4.78 is 5.21. The van der Waals surface area contributed by atoms with Crippen LogP contribution in [0.5, 0.6) is 5.75 Å². The molecule has 0 fully saturated rings. The minimum Gasteiger partial charge on any atom is -0.495 e. The van der Waals surface area contributed by atoms with Crippen LogP contribution in [-0.2, 0) is 11.3 Å². The van der Waals surface area contributed by atoms with E-state index < -0.39 is 4.92 Å². The minimum atomic E-state index is -0.504. The number of fused-ring (bicyclic) bond motifs is 1. The van der Waals surface area contributed by atoms with Gasteiger partial charge in [-0.2, -0.15) is 0 Å². The van der Waals surface area contributed by atoms with Gasteiger partial charge < -0.3 is 15.0 Å². The van der Waals surface area contributed by atoms with E-state index in [-0.39, 0.29) is 23.3 Å². The number of quaternary nitrogens is 1. The molecule has 0 saturated heterocycles. The fraction of sp³-hybridized carbons (Fsp3) is 0.227. The van der Waals surface area contributed by atoms with Gasteiger partial charge in [-0.05, 0) is 29.8 Å². The van der Waals surface area contributed by atoms with Crippen molar-refractivity contribution in [3.05, 3.63) is 76.3 Å². The summed E-state index contributed by atoms with van der Waals surface area (Å²) >= 11 is 0. The molecule has 150 valence electrons. The van der Waals surface area contributed by atoms with Crippen LogP contribution in [-0.4, -0.2) is 31.0 Å². The van der Waals surface area contributed by atoms with Crippen LogP contribution in [0, 0.1) is 10.1 Å². The van der Waals surface area contributed by atoms with Gasteiger partial charge in [0.1, 0.15) is 12.3 Å². The molecule has 0 aliphatic carbocycles. The van der Waals surface area contributed by atoms with Gasteiger partial charge >= 0.3 is 0 Å². The molecule has 3 aromatic rings. The number of methoxy groups -OCH3 is 1. The lowest BCUT2D eigenvalue weighted by Gasteiger charge is -2.21. The van der Waals surface area contributed by atoms with Crippen molar-refractivity contribution >= 4 is 28.1 Å². The van der Waals surface area contributed by atoms with Crippen LogP contribution in [0.4, 0.5) is 11.4 Å². The lowest BCUT2D eigenvalue weighted by atomic mass is 10.1. The molecule has 3 rings (SSSR count). The molecule has 3 aromatic carbocycles. The summed E-state index contributed by atoms with van der Waals surface area (Å²) in [5.41, 5.74) is 1.32. The Bertz CT molecular complexity index is 1050. The molecule has 7 heteroatoms. The Morgan fingerprint density at radius 2 is 1.86 bits per heavy atom. The van der Waals surface area contributed by atoms with Crippen molar-refractivity contribution in [2.75, 3.05) is 19.5 Å². The first-order valence-corrected chi connectivity index (χ1v) is 9.32. The maximum Gasteiger partial charge on any atom is 0.282 e. The number of benzene rings is 3. The number of hydrogen-bond donors (Lipinski definition) is 2. The molecule has 0 aliphatic rings. The molecule has 0 radical (unpaired) electrons. The molecule has 7 nitrogen and oxygen atoms in total. The molecule has 0 saturated carbocycles. The van der Waals surface area contributed by atoms with Gasteiger partial charge in [0.05, 0.1) is 24.8 Å². The summed E-state index contributed by atoms with van der Waals surface area (Å²) in [7, 11) is 3.40. The maximum absolute atomic E-state index is 12.7. The van der Waals surface area contributed by atoms with E-state index in [2.05, 4.69) is 35.6 Å². The van der Waals surface area contributed by atoms with E-state index in [4.69, 9.17) is 4.74 Å². The van der Waals surface area contributed by atoms with Gasteiger partial charge in [0.25, 0.3) is 11.6 Å². The van der Waals surface area contributed by atoms with Crippen molar-refractivity contribution in [1.29, 1.82) is 0 Å². The Kier molecular flexibility index (Phi) is 6.09. The van der Waals surface area contributed by atoms with E-state index in [1.54, 1.807) is 0 Å². The second-order valence-electron chi connectivity index (χ2n) is 7.06. The Labute approximate surface area is 169 Å². The SMILES string of the molecule is COc1ccc([N+](=O)[O-])cc1NC(=O)[C@@H](C)[NH+](C)Cc1ccc2ccccc2c1. The zero-order chi connectivity index (χ0) is 21.0. The number of carbonyl (C=O) groups is 1. The monoisotopic (exact) mass is 394 g/mol. The number of non-ortho nitro benzene ring substituents is 1. The van der Waals surface area contributed by atoms with Gasteiger partial charge in [0, 0.05) is 17.7 Å². The minimum absolute atomic E-state index is 0.106. The predicted molar refractivity (Wildman–Crippen MR) is 112 cm³/mol. The van der Waals surface area contributed by atoms with E-state index in [0.717, 1.165) is 15.8 Å². The van der Waals surface area contributed by atoms with Crippen LogP contribution >= 0.6 is 0 Å². The van der Waals surface area contributed by atoms with Crippen molar-refractivity contribution in [2.45, 2.75) is 19.5 Å². The third-order valence-corrected chi connectivity index (χ3v) is 5.08. The average molecular weight is 394 g/mol. The van der Waals surface area contributed by atoms with Gasteiger partial charge in [0.15, 0.2) is 6.04 Å². The first-order valence-electron chi connectivity index (χ1n) is 9.32. The highest BCUT2D eigenvalue weighted by atomic mass is 16.6. The normalized spacial score (nSPS) is 12.9. The smallest absolute Gasteiger partial charge is 0.282 e. The molecule has 2 atom stereocenters. The van der Waals surface area contributed by atoms with E-state index in [0.29, 0.717) is 12.3 Å². The topological polar surface area (TPSA) is 85.9 Å². The standard InChI is InChI=1S/C22H23N3O4/c1-15(22(26)23-20-13-19(25(27)28)10-11-21(20)29-3)24(2)14-16-8-9-17-6-4-5-7-18(17)12-16/h4-13,15H,14H2,1-3H3,(H,23,26)/p+1/t15-/m1/s1. The van der Waals surface area contributed by atoms with E-state index in [1.165, 1.54) is 30.7 Å². The summed E-state index contributed by atoms with van der Waals surface area (Å²) in [4.78, 5) is 24.3. The number of likely N-dealkylation sites (N-methyl/N-ethyl adjacent to an activating group) is 1. The number of anilines is 1. The van der Waals surface area contributed by atoms with Crippen LogP contribution < -0.4 is 15.0 Å². The number of nitro benzene ring substituents is 1. The maximum atomic E-state index is 12.7. The van der Waals surface area contributed by atoms with Crippen LogP contribution in [0.2, 0.25) is 0 Å². The first-order chi connectivity index (χ1) is 13.9. The molecule has 29 heavy (non-hydrogen) atoms. The number of ether oxygens (including phenoxy) is 1. The molecular weight excluding hydrogens is 370 g/mol. The van der Waals surface area contributed by atoms with Crippen molar-refractivity contribution in [1.82, 2.24) is 0 Å². The number of hydrogen-bond acceptors (Lipinski definition) is 4. The highest BCUT2D eigenvalue weighted by Gasteiger charge is 2.24. The van der Waals surface area contributed by atoms with E-state index in [9.17, 15) is 14.9 Å². The number of amides is 1. The molecule has 0 aliphatic heterocycles. The zero-order valence-corrected chi connectivity index (χ0v) is 16.6. The van der Waals surface area contributed by atoms with Gasteiger partial charge in [-0.15, -0.1) is 0 Å². The van der Waals surface area contributed by atoms with Gasteiger partial charge in [-0.25, -0.2) is 0 Å². The highest BCUT2D eigenvalue weighted by Crippen LogP contribution is 2.28. The number of rotatable bonds is 7.